The highest BCUT2D eigenvalue weighted by molar-refractivity contribution is 5.88. The van der Waals surface area contributed by atoms with Crippen molar-refractivity contribution in [2.75, 3.05) is 20.7 Å². The van der Waals surface area contributed by atoms with Gasteiger partial charge in [-0.3, -0.25) is 0 Å². The molecule has 0 saturated heterocycles. The number of aliphatic hydroxyl groups excluding tert-OH is 2. The van der Waals surface area contributed by atoms with Crippen LogP contribution in [0.1, 0.15) is 18.0 Å². The van der Waals surface area contributed by atoms with Crippen LogP contribution >= 0.6 is 0 Å². The molecule has 0 spiro atoms. The smallest absolute Gasteiger partial charge is 0.335 e. The van der Waals surface area contributed by atoms with Crippen LogP contribution in [0.5, 0.6) is 5.75 Å². The number of hydrogen-bond acceptors (Lipinski definition) is 6. The van der Waals surface area contributed by atoms with E-state index in [0.29, 0.717) is 12.6 Å². The first-order valence-corrected chi connectivity index (χ1v) is 10.4. The van der Waals surface area contributed by atoms with Gasteiger partial charge in [-0.15, -0.1) is 0 Å². The van der Waals surface area contributed by atoms with E-state index < -0.39 is 24.1 Å². The molecule has 3 aromatic rings. The van der Waals surface area contributed by atoms with Gasteiger partial charge in [-0.05, 0) is 31.1 Å². The molecule has 3 rings (SSSR count). The maximum absolute atomic E-state index is 9.77. The van der Waals surface area contributed by atoms with Crippen LogP contribution in [0.15, 0.2) is 72.8 Å². The standard InChI is InChI=1S/C21H23NO.C4H6O6/c1-22(2)20(18-10-4-3-5-11-18)15-16-23-21-14-8-12-17-9-6-7-13-19(17)21;5-1(3(7)8)2(6)4(9)10/h3-14,20H,15-16H2,1-2H3;1-2,5-6H,(H,7,8)(H,9,10)/t20-;/m0./s1. The van der Waals surface area contributed by atoms with E-state index in [1.807, 2.05) is 0 Å². The molecule has 0 radical (unpaired) electrons. The van der Waals surface area contributed by atoms with Gasteiger partial charge < -0.3 is 30.1 Å². The molecular formula is C25H29NO7. The fourth-order valence-corrected chi connectivity index (χ4v) is 3.27. The Balaban J connectivity index is 0.000000328. The van der Waals surface area contributed by atoms with E-state index in [4.69, 9.17) is 25.2 Å². The predicted molar refractivity (Wildman–Crippen MR) is 124 cm³/mol. The van der Waals surface area contributed by atoms with Gasteiger partial charge in [0.05, 0.1) is 6.61 Å². The second-order valence-corrected chi connectivity index (χ2v) is 7.57. The number of carbonyl (C=O) groups is 2. The van der Waals surface area contributed by atoms with Crippen LogP contribution in [0.25, 0.3) is 10.8 Å². The summed E-state index contributed by atoms with van der Waals surface area (Å²) in [6, 6.07) is 25.6. The molecule has 0 fully saturated rings. The topological polar surface area (TPSA) is 128 Å². The van der Waals surface area contributed by atoms with Crippen LogP contribution in [0, 0.1) is 0 Å². The SMILES string of the molecule is CN(C)[C@@H](CCOc1cccc2ccccc12)c1ccccc1.O=C(O)C(O)C(O)C(=O)O. The number of aliphatic carboxylic acids is 2. The quantitative estimate of drug-likeness (QED) is 0.388. The van der Waals surface area contributed by atoms with Gasteiger partial charge in [0.25, 0.3) is 0 Å². The Morgan fingerprint density at radius 1 is 0.818 bits per heavy atom. The fourth-order valence-electron chi connectivity index (χ4n) is 3.27. The minimum Gasteiger partial charge on any atom is -0.493 e. The lowest BCUT2D eigenvalue weighted by Gasteiger charge is -2.25. The van der Waals surface area contributed by atoms with Crippen LogP contribution in [-0.4, -0.2) is 70.2 Å². The lowest BCUT2D eigenvalue weighted by atomic mass is 10.0. The highest BCUT2D eigenvalue weighted by Crippen LogP contribution is 2.27. The number of fused-ring (bicyclic) bond motifs is 1. The molecular weight excluding hydrogens is 426 g/mol. The molecule has 3 aromatic carbocycles. The first-order valence-electron chi connectivity index (χ1n) is 10.4. The van der Waals surface area contributed by atoms with E-state index in [9.17, 15) is 9.59 Å². The van der Waals surface area contributed by atoms with Crippen LogP contribution in [0.3, 0.4) is 0 Å². The maximum atomic E-state index is 9.77. The Morgan fingerprint density at radius 3 is 1.94 bits per heavy atom. The number of ether oxygens (including phenoxy) is 1. The molecule has 0 heterocycles. The predicted octanol–water partition coefficient (Wildman–Crippen LogP) is 2.79. The van der Waals surface area contributed by atoms with Gasteiger partial charge in [0.15, 0.2) is 12.2 Å². The highest BCUT2D eigenvalue weighted by Gasteiger charge is 2.29. The van der Waals surface area contributed by atoms with E-state index in [1.165, 1.54) is 16.3 Å². The van der Waals surface area contributed by atoms with Crippen molar-refractivity contribution in [1.82, 2.24) is 4.90 Å². The largest absolute Gasteiger partial charge is 0.493 e. The Hall–Kier alpha value is -3.46. The third kappa shape index (κ3) is 7.57. The third-order valence-electron chi connectivity index (χ3n) is 5.01. The third-order valence-corrected chi connectivity index (χ3v) is 5.01. The first kappa shape index (κ1) is 25.8. The Labute approximate surface area is 192 Å². The summed E-state index contributed by atoms with van der Waals surface area (Å²) >= 11 is 0. The molecule has 33 heavy (non-hydrogen) atoms. The van der Waals surface area contributed by atoms with E-state index in [0.717, 1.165) is 12.2 Å². The number of hydrogen-bond donors (Lipinski definition) is 4. The Kier molecular flexibility index (Phi) is 9.81. The summed E-state index contributed by atoms with van der Waals surface area (Å²) in [7, 11) is 4.24. The number of rotatable bonds is 9. The molecule has 8 heteroatoms. The van der Waals surface area contributed by atoms with Gasteiger partial charge in [-0.2, -0.15) is 0 Å². The van der Waals surface area contributed by atoms with E-state index in [2.05, 4.69) is 91.8 Å². The molecule has 0 saturated carbocycles. The second-order valence-electron chi connectivity index (χ2n) is 7.57. The van der Waals surface area contributed by atoms with E-state index in [1.54, 1.807) is 0 Å². The van der Waals surface area contributed by atoms with Crippen LogP contribution in [0.4, 0.5) is 0 Å². The number of nitrogens with zero attached hydrogens (tertiary/aromatic N) is 1. The molecule has 3 atom stereocenters. The molecule has 0 aliphatic rings. The lowest BCUT2D eigenvalue weighted by Crippen LogP contribution is -2.39. The van der Waals surface area contributed by atoms with Gasteiger partial charge in [-0.25, -0.2) is 9.59 Å². The molecule has 2 unspecified atom stereocenters. The summed E-state index contributed by atoms with van der Waals surface area (Å²) in [5.74, 6) is -2.57. The first-order chi connectivity index (χ1) is 15.7. The van der Waals surface area contributed by atoms with E-state index >= 15 is 0 Å². The van der Waals surface area contributed by atoms with Crippen molar-refractivity contribution in [1.29, 1.82) is 0 Å². The monoisotopic (exact) mass is 455 g/mol. The summed E-state index contributed by atoms with van der Waals surface area (Å²) in [6.45, 7) is 0.700. The van der Waals surface area contributed by atoms with Crippen LogP contribution in [0.2, 0.25) is 0 Å². The minimum atomic E-state index is -2.27. The molecule has 176 valence electrons. The average Bonchev–Trinajstić information content (AvgIpc) is 2.81. The number of benzene rings is 3. The van der Waals surface area contributed by atoms with Crippen molar-refractivity contribution in [2.45, 2.75) is 24.7 Å². The zero-order chi connectivity index (χ0) is 24.4. The summed E-state index contributed by atoms with van der Waals surface area (Å²) in [5, 5.41) is 34.9. The van der Waals surface area contributed by atoms with Gasteiger partial charge in [0.1, 0.15) is 5.75 Å². The number of aliphatic hydroxyl groups is 2. The van der Waals surface area contributed by atoms with Crippen molar-refractivity contribution in [3.05, 3.63) is 78.4 Å². The summed E-state index contributed by atoms with van der Waals surface area (Å²) in [4.78, 5) is 21.8. The van der Waals surface area contributed by atoms with Gasteiger partial charge >= 0.3 is 11.9 Å². The zero-order valence-corrected chi connectivity index (χ0v) is 18.5. The molecule has 0 aliphatic carbocycles. The molecule has 0 aromatic heterocycles. The van der Waals surface area contributed by atoms with E-state index in [-0.39, 0.29) is 0 Å². The Morgan fingerprint density at radius 2 is 1.36 bits per heavy atom. The average molecular weight is 456 g/mol. The lowest BCUT2D eigenvalue weighted by molar-refractivity contribution is -0.165. The van der Waals surface area contributed by atoms with Crippen molar-refractivity contribution in [3.8, 4) is 5.75 Å². The molecule has 8 nitrogen and oxygen atoms in total. The summed E-state index contributed by atoms with van der Waals surface area (Å²) in [6.07, 6.45) is -3.57. The highest BCUT2D eigenvalue weighted by atomic mass is 16.5. The molecule has 0 bridgehead atoms. The van der Waals surface area contributed by atoms with Gasteiger partial charge in [-0.1, -0.05) is 66.7 Å². The molecule has 0 amide bonds. The van der Waals surface area contributed by atoms with Gasteiger partial charge in [0, 0.05) is 17.8 Å². The zero-order valence-electron chi connectivity index (χ0n) is 18.5. The van der Waals surface area contributed by atoms with Crippen molar-refractivity contribution in [2.24, 2.45) is 0 Å². The summed E-state index contributed by atoms with van der Waals surface area (Å²) < 4.78 is 6.09. The number of carboxylic acids is 2. The fraction of sp³-hybridized carbons (Fsp3) is 0.280. The maximum Gasteiger partial charge on any atom is 0.335 e. The normalized spacial score (nSPS) is 13.5. The van der Waals surface area contributed by atoms with Crippen LogP contribution < -0.4 is 4.74 Å². The minimum absolute atomic E-state index is 0.367. The molecule has 4 N–H and O–H groups in total. The van der Waals surface area contributed by atoms with Crippen molar-refractivity contribution in [3.63, 3.8) is 0 Å². The van der Waals surface area contributed by atoms with Crippen molar-refractivity contribution >= 4 is 22.7 Å². The number of carboxylic acid groups (broad SMARTS) is 2. The van der Waals surface area contributed by atoms with Crippen molar-refractivity contribution < 1.29 is 34.8 Å². The molecule has 0 aliphatic heterocycles. The van der Waals surface area contributed by atoms with Crippen LogP contribution in [-0.2, 0) is 9.59 Å². The van der Waals surface area contributed by atoms with Gasteiger partial charge in [0.2, 0.25) is 0 Å². The second kappa shape index (κ2) is 12.5. The Bertz CT molecular complexity index is 1020. The summed E-state index contributed by atoms with van der Waals surface area (Å²) in [5.41, 5.74) is 1.33.